The van der Waals surface area contributed by atoms with Gasteiger partial charge in [-0.05, 0) is 52.2 Å². The molecule has 0 bridgehead atoms. The van der Waals surface area contributed by atoms with Crippen LogP contribution in [0.15, 0.2) is 47.7 Å². The molecule has 9 heteroatoms. The molecule has 0 aliphatic heterocycles. The van der Waals surface area contributed by atoms with Gasteiger partial charge in [-0.1, -0.05) is 12.6 Å². The van der Waals surface area contributed by atoms with Crippen LogP contribution in [-0.2, 0) is 12.4 Å². The molecule has 24 heavy (non-hydrogen) atoms. The molecule has 2 rings (SSSR count). The molecule has 2 aromatic rings. The predicted octanol–water partition coefficient (Wildman–Crippen LogP) is 6.00. The topological polar surface area (TPSA) is 25.8 Å². The number of hydrogen-bond donors (Lipinski definition) is 0. The van der Waals surface area contributed by atoms with Crippen LogP contribution in [0.1, 0.15) is 23.9 Å². The van der Waals surface area contributed by atoms with Crippen molar-refractivity contribution in [3.05, 3.63) is 64.7 Å². The lowest BCUT2D eigenvalue weighted by atomic mass is 10.1. The van der Waals surface area contributed by atoms with Gasteiger partial charge in [0.15, 0.2) is 0 Å². The Labute approximate surface area is 142 Å². The van der Waals surface area contributed by atoms with Crippen LogP contribution in [-0.4, -0.2) is 9.97 Å². The minimum Gasteiger partial charge on any atom is -0.251 e. The summed E-state index contributed by atoms with van der Waals surface area (Å²) in [5.41, 5.74) is -0.438. The average Bonchev–Trinajstić information content (AvgIpc) is 2.46. The average molecular weight is 413 g/mol. The van der Waals surface area contributed by atoms with Crippen molar-refractivity contribution in [2.24, 2.45) is 0 Å². The summed E-state index contributed by atoms with van der Waals surface area (Å²) in [5.74, 6) is 0. The van der Waals surface area contributed by atoms with Gasteiger partial charge in [-0.15, -0.1) is 0 Å². The van der Waals surface area contributed by atoms with E-state index in [4.69, 9.17) is 0 Å². The highest BCUT2D eigenvalue weighted by molar-refractivity contribution is 9.10. The first-order chi connectivity index (χ1) is 10.9. The Hall–Kier alpha value is -1.90. The second-order valence-electron chi connectivity index (χ2n) is 4.57. The molecule has 0 fully saturated rings. The second kappa shape index (κ2) is 7.78. The molecule has 0 aliphatic rings. The maximum atomic E-state index is 12.0. The lowest BCUT2D eigenvalue weighted by Crippen LogP contribution is -2.07. The molecule has 0 aromatic carbocycles. The number of aromatic nitrogens is 2. The molecular formula is C15H11BrF6N2. The fraction of sp³-hybridized carbons (Fsp3) is 0.200. The molecule has 0 saturated carbocycles. The molecule has 2 heterocycles. The van der Waals surface area contributed by atoms with Crippen molar-refractivity contribution in [1.29, 1.82) is 0 Å². The van der Waals surface area contributed by atoms with E-state index in [1.54, 1.807) is 6.92 Å². The number of hydrogen-bond acceptors (Lipinski definition) is 2. The van der Waals surface area contributed by atoms with E-state index in [1.165, 1.54) is 18.3 Å². The summed E-state index contributed by atoms with van der Waals surface area (Å²) in [6, 6.07) is 4.53. The fourth-order valence-electron chi connectivity index (χ4n) is 1.36. The van der Waals surface area contributed by atoms with E-state index in [0.717, 1.165) is 18.3 Å². The van der Waals surface area contributed by atoms with Gasteiger partial charge in [0.1, 0.15) is 11.4 Å². The highest BCUT2D eigenvalue weighted by Crippen LogP contribution is 2.28. The van der Waals surface area contributed by atoms with E-state index in [0.29, 0.717) is 15.6 Å². The smallest absolute Gasteiger partial charge is 0.251 e. The van der Waals surface area contributed by atoms with E-state index in [1.807, 2.05) is 0 Å². The van der Waals surface area contributed by atoms with Gasteiger partial charge in [-0.2, -0.15) is 26.3 Å². The van der Waals surface area contributed by atoms with Crippen molar-refractivity contribution in [1.82, 2.24) is 9.97 Å². The summed E-state index contributed by atoms with van der Waals surface area (Å²) >= 11 is 2.98. The quantitative estimate of drug-likeness (QED) is 0.537. The van der Waals surface area contributed by atoms with Crippen molar-refractivity contribution < 1.29 is 26.3 Å². The zero-order valence-corrected chi connectivity index (χ0v) is 13.8. The Kier molecular flexibility index (Phi) is 6.53. The SMILES string of the molecule is C=C(C)c1ccc(C(F)(F)F)nc1.FC(F)(F)c1ccc(Br)cn1. The molecule has 0 radical (unpaired) electrons. The van der Waals surface area contributed by atoms with Gasteiger partial charge in [0, 0.05) is 16.9 Å². The summed E-state index contributed by atoms with van der Waals surface area (Å²) in [4.78, 5) is 6.46. The van der Waals surface area contributed by atoms with Gasteiger partial charge in [0.2, 0.25) is 0 Å². The molecule has 0 aliphatic carbocycles. The molecule has 2 nitrogen and oxygen atoms in total. The van der Waals surface area contributed by atoms with Crippen LogP contribution in [0.25, 0.3) is 5.57 Å². The third-order valence-electron chi connectivity index (χ3n) is 2.56. The first-order valence-corrected chi connectivity index (χ1v) is 7.08. The zero-order chi connectivity index (χ0) is 18.5. The molecule has 0 spiro atoms. The molecule has 130 valence electrons. The van der Waals surface area contributed by atoms with Gasteiger partial charge >= 0.3 is 12.4 Å². The molecule has 0 saturated heterocycles. The normalized spacial score (nSPS) is 11.5. The third kappa shape index (κ3) is 6.31. The Balaban J connectivity index is 0.000000243. The zero-order valence-electron chi connectivity index (χ0n) is 12.2. The van der Waals surface area contributed by atoms with Crippen molar-refractivity contribution in [2.45, 2.75) is 19.3 Å². The fourth-order valence-corrected chi connectivity index (χ4v) is 1.59. The molecule has 2 aromatic heterocycles. The van der Waals surface area contributed by atoms with Crippen molar-refractivity contribution in [3.63, 3.8) is 0 Å². The molecular weight excluding hydrogens is 402 g/mol. The number of nitrogens with zero attached hydrogens (tertiary/aromatic N) is 2. The van der Waals surface area contributed by atoms with E-state index in [-0.39, 0.29) is 0 Å². The van der Waals surface area contributed by atoms with Crippen LogP contribution in [0.3, 0.4) is 0 Å². The standard InChI is InChI=1S/C9H8F3N.C6H3BrF3N/c1-6(2)7-3-4-8(13-5-7)9(10,11)12;7-4-1-2-5(11-3-4)6(8,9)10/h3-5H,1H2,2H3;1-3H. The Morgan fingerprint density at radius 2 is 1.33 bits per heavy atom. The summed E-state index contributed by atoms with van der Waals surface area (Å²) in [6.45, 7) is 5.31. The van der Waals surface area contributed by atoms with Gasteiger partial charge < -0.3 is 0 Å². The van der Waals surface area contributed by atoms with Gasteiger partial charge in [-0.25, -0.2) is 0 Å². The van der Waals surface area contributed by atoms with E-state index >= 15 is 0 Å². The number of halogens is 7. The number of alkyl halides is 6. The van der Waals surface area contributed by atoms with E-state index in [2.05, 4.69) is 32.5 Å². The van der Waals surface area contributed by atoms with Crippen LogP contribution in [0.2, 0.25) is 0 Å². The van der Waals surface area contributed by atoms with Crippen LogP contribution in [0.5, 0.6) is 0 Å². The second-order valence-corrected chi connectivity index (χ2v) is 5.49. The largest absolute Gasteiger partial charge is 0.433 e. The number of allylic oxidation sites excluding steroid dienone is 1. The lowest BCUT2D eigenvalue weighted by Gasteiger charge is -2.05. The maximum Gasteiger partial charge on any atom is 0.433 e. The predicted molar refractivity (Wildman–Crippen MR) is 80.9 cm³/mol. The molecule has 0 unspecified atom stereocenters. The van der Waals surface area contributed by atoms with Crippen LogP contribution in [0.4, 0.5) is 26.3 Å². The first kappa shape index (κ1) is 20.1. The molecule has 0 atom stereocenters. The molecule has 0 amide bonds. The Bertz CT molecular complexity index is 675. The van der Waals surface area contributed by atoms with Crippen molar-refractivity contribution in [2.75, 3.05) is 0 Å². The Morgan fingerprint density at radius 1 is 0.875 bits per heavy atom. The number of rotatable bonds is 1. The highest BCUT2D eigenvalue weighted by Gasteiger charge is 2.32. The number of pyridine rings is 2. The minimum atomic E-state index is -4.37. The summed E-state index contributed by atoms with van der Waals surface area (Å²) < 4.78 is 72.2. The molecule has 0 N–H and O–H groups in total. The summed E-state index contributed by atoms with van der Waals surface area (Å²) in [7, 11) is 0. The van der Waals surface area contributed by atoms with Gasteiger partial charge in [-0.3, -0.25) is 9.97 Å². The van der Waals surface area contributed by atoms with E-state index in [9.17, 15) is 26.3 Å². The van der Waals surface area contributed by atoms with Crippen molar-refractivity contribution >= 4 is 21.5 Å². The van der Waals surface area contributed by atoms with E-state index < -0.39 is 23.7 Å². The van der Waals surface area contributed by atoms with Crippen LogP contribution < -0.4 is 0 Å². The lowest BCUT2D eigenvalue weighted by molar-refractivity contribution is -0.142. The summed E-state index contributed by atoms with van der Waals surface area (Å²) in [6.07, 6.45) is -6.43. The monoisotopic (exact) mass is 412 g/mol. The van der Waals surface area contributed by atoms with Crippen LogP contribution in [0, 0.1) is 0 Å². The van der Waals surface area contributed by atoms with Gasteiger partial charge in [0.25, 0.3) is 0 Å². The van der Waals surface area contributed by atoms with Crippen LogP contribution >= 0.6 is 15.9 Å². The van der Waals surface area contributed by atoms with Gasteiger partial charge in [0.05, 0.1) is 0 Å². The third-order valence-corrected chi connectivity index (χ3v) is 3.03. The maximum absolute atomic E-state index is 12.0. The first-order valence-electron chi connectivity index (χ1n) is 6.29. The highest BCUT2D eigenvalue weighted by atomic mass is 79.9. The Morgan fingerprint density at radius 3 is 1.62 bits per heavy atom. The minimum absolute atomic E-state index is 0.533. The van der Waals surface area contributed by atoms with Crippen molar-refractivity contribution in [3.8, 4) is 0 Å². The summed E-state index contributed by atoms with van der Waals surface area (Å²) in [5, 5.41) is 0.